The molecule has 4 rings (SSSR count). The zero-order chi connectivity index (χ0) is 18.3. The Hall–Kier alpha value is -1.73. The van der Waals surface area contributed by atoms with Crippen LogP contribution in [0, 0.1) is 11.8 Å². The molecule has 0 bridgehead atoms. The predicted octanol–water partition coefficient (Wildman–Crippen LogP) is 1.24. The van der Waals surface area contributed by atoms with Gasteiger partial charge in [0.1, 0.15) is 5.69 Å². The van der Waals surface area contributed by atoms with Gasteiger partial charge in [-0.2, -0.15) is 0 Å². The van der Waals surface area contributed by atoms with Crippen LogP contribution in [0.3, 0.4) is 0 Å². The second-order valence-corrected chi connectivity index (χ2v) is 8.22. The van der Waals surface area contributed by atoms with Gasteiger partial charge in [0.2, 0.25) is 5.95 Å². The standard InChI is InChI=1S/C19H29N5O2/c1-11(2)9-12-10-14(22-19(20)21-12)18(25)23-15-13-5-8-26-17(13)16(15)24-6-3-4-7-24/h10-11,13,15-17H,3-9H2,1-2H3,(H,23,25)(H2,20,21,22)/t13-,15+,16-,17-/m1/s1. The van der Waals surface area contributed by atoms with Crippen molar-refractivity contribution in [2.24, 2.45) is 11.8 Å². The maximum absolute atomic E-state index is 12.9. The first-order valence-corrected chi connectivity index (χ1v) is 9.83. The maximum Gasteiger partial charge on any atom is 0.270 e. The number of nitrogen functional groups attached to an aromatic ring is 1. The number of ether oxygens (including phenoxy) is 1. The summed E-state index contributed by atoms with van der Waals surface area (Å²) in [5.41, 5.74) is 7.03. The number of nitrogens with two attached hydrogens (primary N) is 1. The van der Waals surface area contributed by atoms with Gasteiger partial charge >= 0.3 is 0 Å². The molecule has 3 heterocycles. The minimum Gasteiger partial charge on any atom is -0.376 e. The van der Waals surface area contributed by atoms with Crippen LogP contribution < -0.4 is 11.1 Å². The molecule has 0 aromatic carbocycles. The van der Waals surface area contributed by atoms with Crippen LogP contribution in [-0.2, 0) is 11.2 Å². The number of carbonyl (C=O) groups excluding carboxylic acids is 1. The molecular weight excluding hydrogens is 330 g/mol. The summed E-state index contributed by atoms with van der Waals surface area (Å²) in [5, 5.41) is 3.23. The van der Waals surface area contributed by atoms with Crippen molar-refractivity contribution in [3.05, 3.63) is 17.5 Å². The number of hydrogen-bond acceptors (Lipinski definition) is 6. The molecule has 0 unspecified atom stereocenters. The van der Waals surface area contributed by atoms with E-state index in [9.17, 15) is 4.79 Å². The van der Waals surface area contributed by atoms with Crippen LogP contribution >= 0.6 is 0 Å². The van der Waals surface area contributed by atoms with Gasteiger partial charge in [0.05, 0.1) is 18.2 Å². The molecule has 3 aliphatic rings. The number of carbonyl (C=O) groups is 1. The van der Waals surface area contributed by atoms with E-state index in [1.165, 1.54) is 12.8 Å². The molecule has 1 aliphatic carbocycles. The van der Waals surface area contributed by atoms with E-state index in [0.29, 0.717) is 23.6 Å². The predicted molar refractivity (Wildman–Crippen MR) is 98.7 cm³/mol. The van der Waals surface area contributed by atoms with Crippen LogP contribution in [0.1, 0.15) is 49.3 Å². The van der Waals surface area contributed by atoms with E-state index in [1.54, 1.807) is 6.07 Å². The average molecular weight is 359 g/mol. The minimum absolute atomic E-state index is 0.137. The summed E-state index contributed by atoms with van der Waals surface area (Å²) in [4.78, 5) is 23.8. The van der Waals surface area contributed by atoms with Gasteiger partial charge < -0.3 is 15.8 Å². The molecule has 3 fully saturated rings. The lowest BCUT2D eigenvalue weighted by molar-refractivity contribution is -0.0747. The molecule has 4 atom stereocenters. The molecule has 26 heavy (non-hydrogen) atoms. The monoisotopic (exact) mass is 359 g/mol. The molecular formula is C19H29N5O2. The van der Waals surface area contributed by atoms with Crippen molar-refractivity contribution in [2.45, 2.75) is 57.7 Å². The molecule has 0 radical (unpaired) electrons. The Kier molecular flexibility index (Phi) is 4.84. The second-order valence-electron chi connectivity index (χ2n) is 8.22. The maximum atomic E-state index is 12.9. The van der Waals surface area contributed by atoms with Gasteiger partial charge in [0.15, 0.2) is 0 Å². The van der Waals surface area contributed by atoms with E-state index < -0.39 is 0 Å². The van der Waals surface area contributed by atoms with Crippen LogP contribution in [0.2, 0.25) is 0 Å². The van der Waals surface area contributed by atoms with Crippen LogP contribution in [0.5, 0.6) is 0 Å². The Labute approximate surface area is 154 Å². The Bertz CT molecular complexity index is 669. The van der Waals surface area contributed by atoms with Crippen molar-refractivity contribution >= 4 is 11.9 Å². The highest BCUT2D eigenvalue weighted by Crippen LogP contribution is 2.42. The third-order valence-corrected chi connectivity index (χ3v) is 5.86. The summed E-state index contributed by atoms with van der Waals surface area (Å²) in [7, 11) is 0. The van der Waals surface area contributed by atoms with Gasteiger partial charge in [-0.05, 0) is 50.8 Å². The van der Waals surface area contributed by atoms with Crippen molar-refractivity contribution in [1.29, 1.82) is 0 Å². The lowest BCUT2D eigenvalue weighted by atomic mass is 9.70. The van der Waals surface area contributed by atoms with Gasteiger partial charge in [0.25, 0.3) is 5.91 Å². The quantitative estimate of drug-likeness (QED) is 0.822. The van der Waals surface area contributed by atoms with Crippen LogP contribution in [0.4, 0.5) is 5.95 Å². The topological polar surface area (TPSA) is 93.4 Å². The number of anilines is 1. The largest absolute Gasteiger partial charge is 0.376 e. The summed E-state index contributed by atoms with van der Waals surface area (Å²) < 4.78 is 5.94. The highest BCUT2D eigenvalue weighted by Gasteiger charge is 2.56. The first-order valence-electron chi connectivity index (χ1n) is 9.83. The van der Waals surface area contributed by atoms with E-state index in [1.807, 2.05) is 0 Å². The summed E-state index contributed by atoms with van der Waals surface area (Å²) in [6.45, 7) is 7.23. The van der Waals surface area contributed by atoms with Crippen LogP contribution in [0.25, 0.3) is 0 Å². The molecule has 0 spiro atoms. The number of rotatable bonds is 5. The molecule has 2 aliphatic heterocycles. The molecule has 1 aromatic rings. The zero-order valence-electron chi connectivity index (χ0n) is 15.6. The molecule has 2 saturated heterocycles. The zero-order valence-corrected chi connectivity index (χ0v) is 15.6. The smallest absolute Gasteiger partial charge is 0.270 e. The number of hydrogen-bond donors (Lipinski definition) is 2. The van der Waals surface area contributed by atoms with Crippen molar-refractivity contribution in [3.8, 4) is 0 Å². The number of fused-ring (bicyclic) bond motifs is 1. The third-order valence-electron chi connectivity index (χ3n) is 5.86. The van der Waals surface area contributed by atoms with Crippen molar-refractivity contribution in [2.75, 3.05) is 25.4 Å². The number of nitrogens with one attached hydrogen (secondary N) is 1. The summed E-state index contributed by atoms with van der Waals surface area (Å²) >= 11 is 0. The number of likely N-dealkylation sites (tertiary alicyclic amines) is 1. The van der Waals surface area contributed by atoms with Gasteiger partial charge in [-0.3, -0.25) is 9.69 Å². The van der Waals surface area contributed by atoms with E-state index in [2.05, 4.69) is 34.0 Å². The Morgan fingerprint density at radius 1 is 1.38 bits per heavy atom. The SMILES string of the molecule is CC(C)Cc1cc(C(=O)N[C@H]2[C@H]3CCO[C@H]3[C@@H]2N2CCCC2)nc(N)n1. The van der Waals surface area contributed by atoms with Crippen LogP contribution in [0.15, 0.2) is 6.07 Å². The number of amides is 1. The second kappa shape index (κ2) is 7.12. The molecule has 1 saturated carbocycles. The third kappa shape index (κ3) is 3.30. The lowest BCUT2D eigenvalue weighted by Crippen LogP contribution is -2.70. The van der Waals surface area contributed by atoms with E-state index in [-0.39, 0.29) is 24.0 Å². The van der Waals surface area contributed by atoms with Gasteiger partial charge in [-0.25, -0.2) is 9.97 Å². The first kappa shape index (κ1) is 17.7. The highest BCUT2D eigenvalue weighted by molar-refractivity contribution is 5.93. The van der Waals surface area contributed by atoms with Gasteiger partial charge in [-0.1, -0.05) is 13.8 Å². The van der Waals surface area contributed by atoms with E-state index in [0.717, 1.165) is 38.2 Å². The Morgan fingerprint density at radius 3 is 2.88 bits per heavy atom. The fourth-order valence-corrected chi connectivity index (χ4v) is 4.73. The summed E-state index contributed by atoms with van der Waals surface area (Å²) in [5.74, 6) is 0.880. The van der Waals surface area contributed by atoms with E-state index in [4.69, 9.17) is 10.5 Å². The molecule has 7 nitrogen and oxygen atoms in total. The first-order chi connectivity index (χ1) is 12.5. The molecule has 1 aromatic heterocycles. The summed E-state index contributed by atoms with van der Waals surface area (Å²) in [6.07, 6.45) is 4.53. The number of aromatic nitrogens is 2. The summed E-state index contributed by atoms with van der Waals surface area (Å²) in [6, 6.07) is 2.21. The lowest BCUT2D eigenvalue weighted by Gasteiger charge is -2.51. The van der Waals surface area contributed by atoms with Gasteiger partial charge in [0, 0.05) is 18.2 Å². The van der Waals surface area contributed by atoms with Crippen LogP contribution in [-0.4, -0.2) is 58.7 Å². The normalized spacial score (nSPS) is 31.0. The fourth-order valence-electron chi connectivity index (χ4n) is 4.73. The minimum atomic E-state index is -0.149. The molecule has 1 amide bonds. The van der Waals surface area contributed by atoms with Crippen molar-refractivity contribution < 1.29 is 9.53 Å². The molecule has 142 valence electrons. The molecule has 7 heteroatoms. The molecule has 3 N–H and O–H groups in total. The Morgan fingerprint density at radius 2 is 2.15 bits per heavy atom. The fraction of sp³-hybridized carbons (Fsp3) is 0.737. The number of nitrogens with zero attached hydrogens (tertiary/aromatic N) is 3. The van der Waals surface area contributed by atoms with Crippen molar-refractivity contribution in [1.82, 2.24) is 20.2 Å². The van der Waals surface area contributed by atoms with Crippen molar-refractivity contribution in [3.63, 3.8) is 0 Å². The van der Waals surface area contributed by atoms with E-state index >= 15 is 0 Å². The van der Waals surface area contributed by atoms with Gasteiger partial charge in [-0.15, -0.1) is 0 Å². The average Bonchev–Trinajstić information content (AvgIpc) is 3.22. The Balaban J connectivity index is 1.49. The highest BCUT2D eigenvalue weighted by atomic mass is 16.5.